The van der Waals surface area contributed by atoms with Crippen molar-refractivity contribution in [3.05, 3.63) is 47.5 Å². The van der Waals surface area contributed by atoms with E-state index in [1.165, 1.54) is 18.5 Å². The lowest BCUT2D eigenvalue weighted by molar-refractivity contribution is -0.116. The Balaban J connectivity index is 1.35. The average molecular weight is 347 g/mol. The number of H-pyrrole nitrogens is 1. The molecule has 2 aromatic rings. The highest BCUT2D eigenvalue weighted by Gasteiger charge is 2.22. The van der Waals surface area contributed by atoms with E-state index < -0.39 is 0 Å². The predicted octanol–water partition coefficient (Wildman–Crippen LogP) is 3.35. The minimum absolute atomic E-state index is 0.0400. The number of hydrogen-bond acceptors (Lipinski definition) is 3. The maximum atomic E-state index is 12.1. The Morgan fingerprint density at radius 2 is 2.38 bits per heavy atom. The van der Waals surface area contributed by atoms with Gasteiger partial charge >= 0.3 is 0 Å². The third-order valence-corrected chi connectivity index (χ3v) is 4.75. The topological polar surface area (TPSA) is 61.0 Å². The van der Waals surface area contributed by atoms with Gasteiger partial charge in [0.2, 0.25) is 5.91 Å². The van der Waals surface area contributed by atoms with Crippen LogP contribution in [0.1, 0.15) is 25.0 Å². The Morgan fingerprint density at radius 1 is 1.46 bits per heavy atom. The molecule has 6 heteroatoms. The summed E-state index contributed by atoms with van der Waals surface area (Å²) >= 11 is 5.93. The molecule has 1 aromatic heterocycles. The largest absolute Gasteiger partial charge is 0.348 e. The fourth-order valence-corrected chi connectivity index (χ4v) is 3.37. The smallest absolute Gasteiger partial charge is 0.225 e. The van der Waals surface area contributed by atoms with Crippen LogP contribution in [-0.2, 0) is 11.2 Å². The fraction of sp³-hybridized carbons (Fsp3) is 0.444. The summed E-state index contributed by atoms with van der Waals surface area (Å²) in [6.07, 6.45) is 7.58. The third kappa shape index (κ3) is 5.08. The van der Waals surface area contributed by atoms with Crippen molar-refractivity contribution in [3.8, 4) is 0 Å². The van der Waals surface area contributed by atoms with Crippen molar-refractivity contribution in [3.63, 3.8) is 0 Å². The van der Waals surface area contributed by atoms with Gasteiger partial charge in [-0.3, -0.25) is 4.79 Å². The number of aryl methyl sites for hydroxylation is 1. The van der Waals surface area contributed by atoms with Gasteiger partial charge in [0.25, 0.3) is 0 Å². The molecular formula is C18H23ClN4O. The molecule has 2 N–H and O–H groups in total. The Labute approximate surface area is 147 Å². The quantitative estimate of drug-likeness (QED) is 0.808. The monoisotopic (exact) mass is 346 g/mol. The number of rotatable bonds is 7. The van der Waals surface area contributed by atoms with Crippen molar-refractivity contribution < 1.29 is 4.79 Å². The summed E-state index contributed by atoms with van der Waals surface area (Å²) in [7, 11) is 0. The first kappa shape index (κ1) is 17.0. The number of carbonyl (C=O) groups is 1. The van der Waals surface area contributed by atoms with Gasteiger partial charge in [-0.05, 0) is 49.9 Å². The molecule has 1 fully saturated rings. The molecule has 1 amide bonds. The highest BCUT2D eigenvalue weighted by molar-refractivity contribution is 6.30. The summed E-state index contributed by atoms with van der Waals surface area (Å²) in [5, 5.41) is 3.53. The first-order chi connectivity index (χ1) is 11.7. The van der Waals surface area contributed by atoms with Gasteiger partial charge in [-0.2, -0.15) is 0 Å². The van der Waals surface area contributed by atoms with E-state index >= 15 is 0 Å². The molecule has 1 saturated heterocycles. The van der Waals surface area contributed by atoms with Crippen LogP contribution in [0.25, 0.3) is 0 Å². The molecule has 1 atom stereocenters. The van der Waals surface area contributed by atoms with E-state index in [-0.39, 0.29) is 5.91 Å². The molecule has 128 valence electrons. The molecule has 24 heavy (non-hydrogen) atoms. The number of halogens is 1. The molecule has 0 bridgehead atoms. The number of anilines is 1. The maximum absolute atomic E-state index is 12.1. The van der Waals surface area contributed by atoms with Crippen LogP contribution in [-0.4, -0.2) is 40.4 Å². The van der Waals surface area contributed by atoms with Crippen LogP contribution < -0.4 is 5.32 Å². The summed E-state index contributed by atoms with van der Waals surface area (Å²) < 4.78 is 0. The molecular weight excluding hydrogens is 324 g/mol. The normalized spacial score (nSPS) is 18.0. The van der Waals surface area contributed by atoms with Crippen LogP contribution in [0.2, 0.25) is 5.02 Å². The number of benzene rings is 1. The Hall–Kier alpha value is -1.85. The standard InChI is InChI=1S/C18H23ClN4O/c19-15-2-1-3-16(10-15)22-18(24)7-9-23-8-6-14(12-23)4-5-17-11-20-13-21-17/h1-3,10-11,13-14H,4-9,12H2,(H,20,21)(H,22,24). The number of aromatic nitrogens is 2. The van der Waals surface area contributed by atoms with Crippen LogP contribution in [0.5, 0.6) is 0 Å². The third-order valence-electron chi connectivity index (χ3n) is 4.51. The zero-order valence-electron chi connectivity index (χ0n) is 13.7. The van der Waals surface area contributed by atoms with E-state index in [1.807, 2.05) is 18.3 Å². The second-order valence-corrected chi connectivity index (χ2v) is 6.82. The van der Waals surface area contributed by atoms with Crippen LogP contribution in [0.3, 0.4) is 0 Å². The molecule has 1 aliphatic heterocycles. The van der Waals surface area contributed by atoms with Crippen LogP contribution >= 0.6 is 11.6 Å². The van der Waals surface area contributed by atoms with Gasteiger partial charge in [-0.1, -0.05) is 17.7 Å². The molecule has 0 radical (unpaired) electrons. The van der Waals surface area contributed by atoms with Gasteiger partial charge in [-0.25, -0.2) is 4.98 Å². The average Bonchev–Trinajstić information content (AvgIpc) is 3.23. The number of nitrogens with one attached hydrogen (secondary N) is 2. The second kappa shape index (κ2) is 8.31. The number of aromatic amines is 1. The Bertz CT molecular complexity index is 659. The first-order valence-corrected chi connectivity index (χ1v) is 8.82. The number of hydrogen-bond donors (Lipinski definition) is 2. The summed E-state index contributed by atoms with van der Waals surface area (Å²) in [5.74, 6) is 0.752. The van der Waals surface area contributed by atoms with Gasteiger partial charge in [0.1, 0.15) is 0 Å². The van der Waals surface area contributed by atoms with Gasteiger partial charge in [0.05, 0.1) is 6.33 Å². The predicted molar refractivity (Wildman–Crippen MR) is 96.2 cm³/mol. The molecule has 3 rings (SSSR count). The van der Waals surface area contributed by atoms with Gasteiger partial charge < -0.3 is 15.2 Å². The molecule has 0 spiro atoms. The van der Waals surface area contributed by atoms with E-state index in [0.29, 0.717) is 17.4 Å². The molecule has 1 aliphatic rings. The Morgan fingerprint density at radius 3 is 3.17 bits per heavy atom. The lowest BCUT2D eigenvalue weighted by Gasteiger charge is -2.15. The Kier molecular flexibility index (Phi) is 5.88. The van der Waals surface area contributed by atoms with E-state index in [9.17, 15) is 4.79 Å². The lowest BCUT2D eigenvalue weighted by Crippen LogP contribution is -2.26. The first-order valence-electron chi connectivity index (χ1n) is 8.44. The number of carbonyl (C=O) groups excluding carboxylic acids is 1. The highest BCUT2D eigenvalue weighted by Crippen LogP contribution is 2.21. The maximum Gasteiger partial charge on any atom is 0.225 e. The van der Waals surface area contributed by atoms with Crippen molar-refractivity contribution in [2.75, 3.05) is 25.0 Å². The molecule has 0 saturated carbocycles. The zero-order valence-corrected chi connectivity index (χ0v) is 14.4. The zero-order chi connectivity index (χ0) is 16.8. The van der Waals surface area contributed by atoms with Crippen LogP contribution in [0.4, 0.5) is 5.69 Å². The van der Waals surface area contributed by atoms with Crippen LogP contribution in [0, 0.1) is 5.92 Å². The van der Waals surface area contributed by atoms with Crippen molar-refractivity contribution >= 4 is 23.2 Å². The summed E-state index contributed by atoms with van der Waals surface area (Å²) in [4.78, 5) is 21.6. The number of nitrogens with zero attached hydrogens (tertiary/aromatic N) is 2. The summed E-state index contributed by atoms with van der Waals surface area (Å²) in [6.45, 7) is 2.98. The molecule has 2 heterocycles. The van der Waals surface area contributed by atoms with Gasteiger partial charge in [-0.15, -0.1) is 0 Å². The molecule has 1 unspecified atom stereocenters. The van der Waals surface area contributed by atoms with Crippen molar-refractivity contribution in [1.82, 2.24) is 14.9 Å². The van der Waals surface area contributed by atoms with Crippen molar-refractivity contribution in [2.24, 2.45) is 5.92 Å². The minimum atomic E-state index is 0.0400. The minimum Gasteiger partial charge on any atom is -0.348 e. The molecule has 0 aliphatic carbocycles. The van der Waals surface area contributed by atoms with Gasteiger partial charge in [0, 0.05) is 42.1 Å². The number of imidazole rings is 1. The van der Waals surface area contributed by atoms with Crippen LogP contribution in [0.15, 0.2) is 36.8 Å². The number of amides is 1. The van der Waals surface area contributed by atoms with Crippen molar-refractivity contribution in [1.29, 1.82) is 0 Å². The summed E-state index contributed by atoms with van der Waals surface area (Å²) in [6, 6.07) is 7.25. The lowest BCUT2D eigenvalue weighted by atomic mass is 10.0. The molecule has 5 nitrogen and oxygen atoms in total. The highest BCUT2D eigenvalue weighted by atomic mass is 35.5. The van der Waals surface area contributed by atoms with Crippen molar-refractivity contribution in [2.45, 2.75) is 25.7 Å². The SMILES string of the molecule is O=C(CCN1CCC(CCc2cnc[nH]2)C1)Nc1cccc(Cl)c1. The molecule has 1 aromatic carbocycles. The van der Waals surface area contributed by atoms with Gasteiger partial charge in [0.15, 0.2) is 0 Å². The second-order valence-electron chi connectivity index (χ2n) is 6.38. The van der Waals surface area contributed by atoms with E-state index in [4.69, 9.17) is 11.6 Å². The van der Waals surface area contributed by atoms with E-state index in [2.05, 4.69) is 20.2 Å². The summed E-state index contributed by atoms with van der Waals surface area (Å²) in [5.41, 5.74) is 1.96. The van der Waals surface area contributed by atoms with E-state index in [1.54, 1.807) is 18.5 Å². The fourth-order valence-electron chi connectivity index (χ4n) is 3.18. The van der Waals surface area contributed by atoms with E-state index in [0.717, 1.165) is 31.7 Å². The number of likely N-dealkylation sites (tertiary alicyclic amines) is 1.